The lowest BCUT2D eigenvalue weighted by molar-refractivity contribution is -0.280. The van der Waals surface area contributed by atoms with Gasteiger partial charge in [-0.15, -0.1) is 0 Å². The summed E-state index contributed by atoms with van der Waals surface area (Å²) in [5, 5.41) is 0. The van der Waals surface area contributed by atoms with Gasteiger partial charge in [-0.05, 0) is 6.92 Å². The molecule has 0 aliphatic carbocycles. The van der Waals surface area contributed by atoms with Gasteiger partial charge in [-0.1, -0.05) is 0 Å². The highest BCUT2D eigenvalue weighted by molar-refractivity contribution is 5.78. The molecule has 0 fully saturated rings. The van der Waals surface area contributed by atoms with E-state index in [1.165, 1.54) is 0 Å². The van der Waals surface area contributed by atoms with Gasteiger partial charge in [0.05, 0.1) is 6.61 Å². The Kier molecular flexibility index (Phi) is 5.63. The molecule has 96 valence electrons. The molecule has 0 radical (unpaired) electrons. The van der Waals surface area contributed by atoms with Crippen molar-refractivity contribution in [3.05, 3.63) is 0 Å². The van der Waals surface area contributed by atoms with Crippen LogP contribution in [0, 0.1) is 0 Å². The number of carbonyl (C=O) groups excluding carboxylic acids is 1. The van der Waals surface area contributed by atoms with Gasteiger partial charge in [-0.25, -0.2) is 4.79 Å². The molecule has 0 N–H and O–H groups in total. The fraction of sp³-hybridized carbons (Fsp3) is 0.875. The van der Waals surface area contributed by atoms with Crippen LogP contribution < -0.4 is 0 Å². The Bertz CT molecular complexity index is 226. The number of carbonyl (C=O) groups is 1. The van der Waals surface area contributed by atoms with Crippen molar-refractivity contribution in [2.45, 2.75) is 25.4 Å². The Balaban J connectivity index is 3.98. The smallest absolute Gasteiger partial charge is 0.461 e. The first-order valence-electron chi connectivity index (χ1n) is 4.43. The molecule has 0 rings (SSSR count). The third-order valence-corrected chi connectivity index (χ3v) is 1.48. The Labute approximate surface area is 88.5 Å². The minimum Gasteiger partial charge on any atom is -0.461 e. The molecule has 0 saturated heterocycles. The average molecular weight is 250 g/mol. The highest BCUT2D eigenvalue weighted by Crippen LogP contribution is 2.36. The molecule has 0 atom stereocenters. The molecule has 0 saturated carbocycles. The van der Waals surface area contributed by atoms with Crippen LogP contribution >= 0.6 is 0 Å². The first kappa shape index (κ1) is 15.1. The molecule has 0 unspecified atom stereocenters. The lowest BCUT2D eigenvalue weighted by Crippen LogP contribution is -2.45. The minimum absolute atomic E-state index is 0.0630. The number of alkyl halides is 5. The number of ether oxygens (including phenoxy) is 2. The maximum absolute atomic E-state index is 12.3. The first-order chi connectivity index (χ1) is 7.23. The Morgan fingerprint density at radius 1 is 1.12 bits per heavy atom. The maximum Gasteiger partial charge on any atom is 0.465 e. The van der Waals surface area contributed by atoms with Gasteiger partial charge in [0, 0.05) is 19.6 Å². The summed E-state index contributed by atoms with van der Waals surface area (Å²) >= 11 is 0. The van der Waals surface area contributed by atoms with Gasteiger partial charge < -0.3 is 9.47 Å². The largest absolute Gasteiger partial charge is 0.465 e. The number of hydrogen-bond acceptors (Lipinski definition) is 3. The zero-order chi connectivity index (χ0) is 12.8. The zero-order valence-electron chi connectivity index (χ0n) is 8.44. The molecule has 0 spiro atoms. The molecule has 0 aromatic rings. The summed E-state index contributed by atoms with van der Waals surface area (Å²) in [7, 11) is 0. The summed E-state index contributed by atoms with van der Waals surface area (Å²) in [5.41, 5.74) is 0. The van der Waals surface area contributed by atoms with Crippen molar-refractivity contribution in [2.24, 2.45) is 0 Å². The highest BCUT2D eigenvalue weighted by Gasteiger charge is 2.64. The highest BCUT2D eigenvalue weighted by atomic mass is 19.4. The fourth-order valence-electron chi connectivity index (χ4n) is 0.677. The van der Waals surface area contributed by atoms with Crippen LogP contribution in [0.2, 0.25) is 0 Å². The standard InChI is InChI=1S/C8H11F5O3/c1-2-15-4-3-5-16-6(14)7(9,10)8(11,12)13/h2-5H2,1H3. The molecule has 0 aromatic carbocycles. The van der Waals surface area contributed by atoms with Crippen LogP contribution in [0.1, 0.15) is 13.3 Å². The third kappa shape index (κ3) is 4.30. The van der Waals surface area contributed by atoms with Crippen molar-refractivity contribution >= 4 is 5.97 Å². The van der Waals surface area contributed by atoms with Crippen LogP contribution in [0.5, 0.6) is 0 Å². The maximum atomic E-state index is 12.3. The van der Waals surface area contributed by atoms with Crippen molar-refractivity contribution in [3.8, 4) is 0 Å². The molecule has 0 aliphatic heterocycles. The van der Waals surface area contributed by atoms with E-state index in [1.807, 2.05) is 0 Å². The second kappa shape index (κ2) is 5.97. The van der Waals surface area contributed by atoms with Gasteiger partial charge in [0.1, 0.15) is 0 Å². The minimum atomic E-state index is -5.93. The third-order valence-electron chi connectivity index (χ3n) is 1.48. The van der Waals surface area contributed by atoms with E-state index in [-0.39, 0.29) is 13.0 Å². The normalized spacial score (nSPS) is 12.6. The number of rotatable bonds is 6. The molecule has 0 bridgehead atoms. The van der Waals surface area contributed by atoms with Gasteiger partial charge >= 0.3 is 18.1 Å². The quantitative estimate of drug-likeness (QED) is 0.411. The first-order valence-corrected chi connectivity index (χ1v) is 4.43. The molecular weight excluding hydrogens is 239 g/mol. The van der Waals surface area contributed by atoms with Gasteiger partial charge in [0.15, 0.2) is 0 Å². The number of hydrogen-bond donors (Lipinski definition) is 0. The van der Waals surface area contributed by atoms with Crippen LogP contribution in [-0.4, -0.2) is 37.9 Å². The van der Waals surface area contributed by atoms with Crippen LogP contribution in [0.3, 0.4) is 0 Å². The van der Waals surface area contributed by atoms with Gasteiger partial charge in [0.25, 0.3) is 0 Å². The van der Waals surface area contributed by atoms with Crippen molar-refractivity contribution in [1.82, 2.24) is 0 Å². The molecule has 0 heterocycles. The molecule has 0 amide bonds. The van der Waals surface area contributed by atoms with Crippen molar-refractivity contribution < 1.29 is 36.2 Å². The Morgan fingerprint density at radius 3 is 2.12 bits per heavy atom. The van der Waals surface area contributed by atoms with E-state index in [0.29, 0.717) is 6.61 Å². The summed E-state index contributed by atoms with van der Waals surface area (Å²) in [6.45, 7) is 1.66. The van der Waals surface area contributed by atoms with E-state index in [1.54, 1.807) is 6.92 Å². The van der Waals surface area contributed by atoms with E-state index < -0.39 is 24.7 Å². The van der Waals surface area contributed by atoms with Crippen molar-refractivity contribution in [1.29, 1.82) is 0 Å². The van der Waals surface area contributed by atoms with Gasteiger partial charge in [0.2, 0.25) is 0 Å². The molecule has 0 aromatic heterocycles. The summed E-state index contributed by atoms with van der Waals surface area (Å²) in [5.74, 6) is -8.05. The van der Waals surface area contributed by atoms with Crippen molar-refractivity contribution in [3.63, 3.8) is 0 Å². The molecular formula is C8H11F5O3. The number of esters is 1. The van der Waals surface area contributed by atoms with Gasteiger partial charge in [-0.3, -0.25) is 0 Å². The second-order valence-electron chi connectivity index (χ2n) is 2.76. The summed E-state index contributed by atoms with van der Waals surface area (Å²) in [4.78, 5) is 10.4. The summed E-state index contributed by atoms with van der Waals surface area (Å²) in [6.07, 6.45) is -5.86. The Morgan fingerprint density at radius 2 is 1.69 bits per heavy atom. The molecule has 0 aliphatic rings. The lowest BCUT2D eigenvalue weighted by atomic mass is 10.3. The number of halogens is 5. The van der Waals surface area contributed by atoms with E-state index in [9.17, 15) is 26.7 Å². The fourth-order valence-corrected chi connectivity index (χ4v) is 0.677. The molecule has 3 nitrogen and oxygen atoms in total. The van der Waals surface area contributed by atoms with Crippen LogP contribution in [0.15, 0.2) is 0 Å². The van der Waals surface area contributed by atoms with Crippen molar-refractivity contribution in [2.75, 3.05) is 19.8 Å². The molecule has 16 heavy (non-hydrogen) atoms. The van der Waals surface area contributed by atoms with E-state index in [2.05, 4.69) is 4.74 Å². The zero-order valence-corrected chi connectivity index (χ0v) is 8.44. The predicted octanol–water partition coefficient (Wildman–Crippen LogP) is 2.15. The van der Waals surface area contributed by atoms with E-state index in [4.69, 9.17) is 4.74 Å². The second-order valence-corrected chi connectivity index (χ2v) is 2.76. The summed E-state index contributed by atoms with van der Waals surface area (Å²) < 4.78 is 68.0. The van der Waals surface area contributed by atoms with Crippen LogP contribution in [0.25, 0.3) is 0 Å². The van der Waals surface area contributed by atoms with E-state index >= 15 is 0 Å². The van der Waals surface area contributed by atoms with E-state index in [0.717, 1.165) is 0 Å². The topological polar surface area (TPSA) is 35.5 Å². The monoisotopic (exact) mass is 250 g/mol. The molecule has 8 heteroatoms. The SMILES string of the molecule is CCOCCCOC(=O)C(F)(F)C(F)(F)F. The average Bonchev–Trinajstić information content (AvgIpc) is 2.15. The lowest BCUT2D eigenvalue weighted by Gasteiger charge is -2.17. The Hall–Kier alpha value is -0.920. The summed E-state index contributed by atoms with van der Waals surface area (Å²) in [6, 6.07) is 0. The van der Waals surface area contributed by atoms with Gasteiger partial charge in [-0.2, -0.15) is 22.0 Å². The van der Waals surface area contributed by atoms with Crippen LogP contribution in [0.4, 0.5) is 22.0 Å². The van der Waals surface area contributed by atoms with Crippen LogP contribution in [-0.2, 0) is 14.3 Å². The predicted molar refractivity (Wildman–Crippen MR) is 43.1 cm³/mol.